The topological polar surface area (TPSA) is 86.2 Å². The van der Waals surface area contributed by atoms with Crippen molar-refractivity contribution in [3.8, 4) is 0 Å². The van der Waals surface area contributed by atoms with Gasteiger partial charge in [0.2, 0.25) is 11.8 Å². The predicted octanol–water partition coefficient (Wildman–Crippen LogP) is 0.710. The summed E-state index contributed by atoms with van der Waals surface area (Å²) in [6.45, 7) is 6.05. The van der Waals surface area contributed by atoms with Crippen molar-refractivity contribution in [1.82, 2.24) is 0 Å². The van der Waals surface area contributed by atoms with Crippen molar-refractivity contribution in [2.75, 3.05) is 0 Å². The lowest BCUT2D eigenvalue weighted by molar-refractivity contribution is -0.146. The number of nitrogens with two attached hydrogens (primary N) is 2. The van der Waals surface area contributed by atoms with E-state index < -0.39 is 22.6 Å². The summed E-state index contributed by atoms with van der Waals surface area (Å²) in [7, 11) is 0. The van der Waals surface area contributed by atoms with E-state index >= 15 is 0 Å². The highest BCUT2D eigenvalue weighted by atomic mass is 16.2. The maximum absolute atomic E-state index is 11.7. The Bertz CT molecular complexity index is 409. The van der Waals surface area contributed by atoms with Gasteiger partial charge in [-0.2, -0.15) is 0 Å². The zero-order valence-electron chi connectivity index (χ0n) is 9.96. The fraction of sp³-hybridized carbons (Fsp3) is 0.667. The Kier molecular flexibility index (Phi) is 1.87. The minimum atomic E-state index is -1.30. The van der Waals surface area contributed by atoms with E-state index in [-0.39, 0.29) is 5.41 Å². The number of carbonyl (C=O) groups is 2. The van der Waals surface area contributed by atoms with Crippen LogP contribution in [0.2, 0.25) is 0 Å². The van der Waals surface area contributed by atoms with Crippen LogP contribution < -0.4 is 11.5 Å². The lowest BCUT2D eigenvalue weighted by Crippen LogP contribution is -2.57. The van der Waals surface area contributed by atoms with Crippen LogP contribution >= 0.6 is 0 Å². The van der Waals surface area contributed by atoms with Crippen molar-refractivity contribution in [3.05, 3.63) is 11.6 Å². The van der Waals surface area contributed by atoms with E-state index in [9.17, 15) is 9.59 Å². The van der Waals surface area contributed by atoms with Crippen LogP contribution in [0, 0.1) is 16.2 Å². The standard InChI is InChI=1S/C12H18N2O2/c1-10(2)7-4-5-11(10,3)12(6-7,8(13)15)9(14)16/h6H,4-5H2,1-3H3,(H2,13,15)(H2,14,16). The Morgan fingerprint density at radius 2 is 1.69 bits per heavy atom. The molecule has 0 aromatic rings. The molecule has 1 saturated carbocycles. The van der Waals surface area contributed by atoms with Crippen LogP contribution in [0.25, 0.3) is 0 Å². The Hall–Kier alpha value is -1.32. The molecule has 4 heteroatoms. The van der Waals surface area contributed by atoms with Crippen molar-refractivity contribution >= 4 is 11.8 Å². The van der Waals surface area contributed by atoms with Gasteiger partial charge < -0.3 is 11.5 Å². The van der Waals surface area contributed by atoms with Gasteiger partial charge in [-0.05, 0) is 18.3 Å². The highest BCUT2D eigenvalue weighted by Crippen LogP contribution is 2.69. The molecule has 4 nitrogen and oxygen atoms in total. The van der Waals surface area contributed by atoms with Crippen LogP contribution in [0.3, 0.4) is 0 Å². The van der Waals surface area contributed by atoms with Crippen LogP contribution in [0.4, 0.5) is 0 Å². The number of hydrogen-bond acceptors (Lipinski definition) is 2. The first kappa shape index (κ1) is 11.2. The predicted molar refractivity (Wildman–Crippen MR) is 60.0 cm³/mol. The van der Waals surface area contributed by atoms with Gasteiger partial charge >= 0.3 is 0 Å². The number of fused-ring (bicyclic) bond motifs is 2. The molecule has 16 heavy (non-hydrogen) atoms. The van der Waals surface area contributed by atoms with Crippen molar-refractivity contribution in [2.45, 2.75) is 33.6 Å². The lowest BCUT2D eigenvalue weighted by Gasteiger charge is -2.44. The van der Waals surface area contributed by atoms with Gasteiger partial charge in [-0.25, -0.2) is 0 Å². The number of allylic oxidation sites excluding steroid dienone is 1. The third-order valence-corrected chi connectivity index (χ3v) is 5.11. The Labute approximate surface area is 95.1 Å². The van der Waals surface area contributed by atoms with Gasteiger partial charge in [0.15, 0.2) is 5.41 Å². The maximum atomic E-state index is 11.7. The Morgan fingerprint density at radius 1 is 1.19 bits per heavy atom. The Balaban J connectivity index is 2.71. The zero-order valence-corrected chi connectivity index (χ0v) is 9.96. The normalized spacial score (nSPS) is 33.6. The molecule has 0 spiro atoms. The third-order valence-electron chi connectivity index (χ3n) is 5.11. The summed E-state index contributed by atoms with van der Waals surface area (Å²) in [6, 6.07) is 0. The fourth-order valence-electron chi connectivity index (χ4n) is 3.53. The molecule has 0 radical (unpaired) electrons. The van der Waals surface area contributed by atoms with E-state index in [0.717, 1.165) is 18.4 Å². The zero-order chi connectivity index (χ0) is 12.4. The average molecular weight is 222 g/mol. The molecule has 88 valence electrons. The number of hydrogen-bond donors (Lipinski definition) is 2. The summed E-state index contributed by atoms with van der Waals surface area (Å²) >= 11 is 0. The summed E-state index contributed by atoms with van der Waals surface area (Å²) < 4.78 is 0. The fourth-order valence-corrected chi connectivity index (χ4v) is 3.53. The van der Waals surface area contributed by atoms with E-state index in [0.29, 0.717) is 0 Å². The van der Waals surface area contributed by atoms with Crippen LogP contribution in [-0.4, -0.2) is 11.8 Å². The summed E-state index contributed by atoms with van der Waals surface area (Å²) in [5, 5.41) is 0. The first-order valence-corrected chi connectivity index (χ1v) is 5.52. The van der Waals surface area contributed by atoms with E-state index in [1.54, 1.807) is 6.08 Å². The van der Waals surface area contributed by atoms with Gasteiger partial charge in [0.05, 0.1) is 0 Å². The molecule has 2 amide bonds. The highest BCUT2D eigenvalue weighted by molar-refractivity contribution is 6.08. The molecular weight excluding hydrogens is 204 g/mol. The molecular formula is C12H18N2O2. The molecule has 2 rings (SSSR count). The van der Waals surface area contributed by atoms with Gasteiger partial charge in [0, 0.05) is 5.41 Å². The molecule has 0 aliphatic heterocycles. The van der Waals surface area contributed by atoms with E-state index in [4.69, 9.17) is 11.5 Å². The SMILES string of the molecule is CC1(C)C2=CC(C(N)=O)(C(N)=O)C1(C)CC2. The molecule has 0 aromatic carbocycles. The minimum absolute atomic E-state index is 0.183. The monoisotopic (exact) mass is 222 g/mol. The van der Waals surface area contributed by atoms with Crippen molar-refractivity contribution in [3.63, 3.8) is 0 Å². The van der Waals surface area contributed by atoms with Gasteiger partial charge in [-0.15, -0.1) is 0 Å². The maximum Gasteiger partial charge on any atom is 0.237 e. The van der Waals surface area contributed by atoms with Crippen molar-refractivity contribution < 1.29 is 9.59 Å². The molecule has 1 atom stereocenters. The lowest BCUT2D eigenvalue weighted by atomic mass is 9.57. The molecule has 1 unspecified atom stereocenters. The number of rotatable bonds is 2. The van der Waals surface area contributed by atoms with Crippen molar-refractivity contribution in [1.29, 1.82) is 0 Å². The first-order chi connectivity index (χ1) is 7.20. The molecule has 2 aliphatic carbocycles. The number of amides is 2. The van der Waals surface area contributed by atoms with Gasteiger partial charge in [-0.1, -0.05) is 32.4 Å². The third kappa shape index (κ3) is 0.829. The summed E-state index contributed by atoms with van der Waals surface area (Å²) in [5.41, 5.74) is 10.1. The largest absolute Gasteiger partial charge is 0.368 e. The molecule has 0 heterocycles. The summed E-state index contributed by atoms with van der Waals surface area (Å²) in [5.74, 6) is -1.24. The number of carbonyl (C=O) groups excluding carboxylic acids is 2. The van der Waals surface area contributed by atoms with Crippen LogP contribution in [0.1, 0.15) is 33.6 Å². The van der Waals surface area contributed by atoms with E-state index in [1.165, 1.54) is 0 Å². The van der Waals surface area contributed by atoms with E-state index in [1.807, 2.05) is 6.92 Å². The molecule has 2 bridgehead atoms. The molecule has 0 aromatic heterocycles. The summed E-state index contributed by atoms with van der Waals surface area (Å²) in [4.78, 5) is 23.4. The van der Waals surface area contributed by atoms with Crippen LogP contribution in [0.15, 0.2) is 11.6 Å². The smallest absolute Gasteiger partial charge is 0.237 e. The van der Waals surface area contributed by atoms with Gasteiger partial charge in [0.25, 0.3) is 0 Å². The van der Waals surface area contributed by atoms with Crippen molar-refractivity contribution in [2.24, 2.45) is 27.7 Å². The van der Waals surface area contributed by atoms with Crippen LogP contribution in [0.5, 0.6) is 0 Å². The quantitative estimate of drug-likeness (QED) is 0.532. The van der Waals surface area contributed by atoms with E-state index in [2.05, 4.69) is 13.8 Å². The summed E-state index contributed by atoms with van der Waals surface area (Å²) in [6.07, 6.45) is 3.44. The molecule has 0 saturated heterocycles. The average Bonchev–Trinajstić information content (AvgIpc) is 2.46. The molecule has 2 aliphatic rings. The highest BCUT2D eigenvalue weighted by Gasteiger charge is 2.69. The minimum Gasteiger partial charge on any atom is -0.368 e. The second-order valence-electron chi connectivity index (χ2n) is 5.66. The van der Waals surface area contributed by atoms with Gasteiger partial charge in [0.1, 0.15) is 0 Å². The Morgan fingerprint density at radius 3 is 1.88 bits per heavy atom. The number of primary amides is 2. The molecule has 4 N–H and O–H groups in total. The molecule has 1 fully saturated rings. The second kappa shape index (κ2) is 2.67. The first-order valence-electron chi connectivity index (χ1n) is 5.52. The second-order valence-corrected chi connectivity index (χ2v) is 5.66. The van der Waals surface area contributed by atoms with Crippen LogP contribution in [-0.2, 0) is 9.59 Å². The van der Waals surface area contributed by atoms with Gasteiger partial charge in [-0.3, -0.25) is 9.59 Å².